The minimum Gasteiger partial charge on any atom is -0.353 e. The van der Waals surface area contributed by atoms with Gasteiger partial charge in [-0.3, -0.25) is 9.59 Å². The molecule has 2 N–H and O–H groups in total. The lowest BCUT2D eigenvalue weighted by molar-refractivity contribution is -0.132. The first-order valence-corrected chi connectivity index (χ1v) is 10.3. The molecule has 0 aliphatic carbocycles. The third kappa shape index (κ3) is 5.79. The maximum atomic E-state index is 12.3. The Morgan fingerprint density at radius 1 is 1.21 bits per heavy atom. The molecular formula is C21H30N6O2. The molecule has 0 aromatic carbocycles. The van der Waals surface area contributed by atoms with E-state index in [0.29, 0.717) is 44.0 Å². The van der Waals surface area contributed by atoms with Gasteiger partial charge in [0.2, 0.25) is 5.91 Å². The normalized spacial score (nSPS) is 15.2. The van der Waals surface area contributed by atoms with Crippen LogP contribution in [-0.4, -0.2) is 64.4 Å². The van der Waals surface area contributed by atoms with Crippen molar-refractivity contribution in [2.45, 2.75) is 33.1 Å². The van der Waals surface area contributed by atoms with E-state index >= 15 is 0 Å². The highest BCUT2D eigenvalue weighted by Crippen LogP contribution is 2.16. The lowest BCUT2D eigenvalue weighted by Crippen LogP contribution is -2.49. The van der Waals surface area contributed by atoms with E-state index in [1.807, 2.05) is 11.0 Å². The lowest BCUT2D eigenvalue weighted by Gasteiger charge is -2.35. The smallest absolute Gasteiger partial charge is 0.252 e. The molecule has 1 saturated heterocycles. The number of pyridine rings is 1. The Morgan fingerprint density at radius 2 is 2.00 bits per heavy atom. The van der Waals surface area contributed by atoms with E-state index in [-0.39, 0.29) is 11.8 Å². The molecule has 1 fully saturated rings. The first kappa shape index (κ1) is 20.8. The van der Waals surface area contributed by atoms with Gasteiger partial charge in [-0.15, -0.1) is 0 Å². The third-order valence-corrected chi connectivity index (χ3v) is 5.42. The van der Waals surface area contributed by atoms with Crippen LogP contribution in [-0.2, 0) is 11.2 Å². The number of aromatic nitrogens is 3. The molecule has 29 heavy (non-hydrogen) atoms. The van der Waals surface area contributed by atoms with Gasteiger partial charge in [-0.1, -0.05) is 20.3 Å². The molecular weight excluding hydrogens is 368 g/mol. The Balaban J connectivity index is 1.45. The van der Waals surface area contributed by atoms with Crippen LogP contribution < -0.4 is 10.2 Å². The molecule has 0 bridgehead atoms. The standard InChI is InChI=1S/C21H30N6O2/c1-3-16(2)12-20(28)27-10-8-26(9-11-27)19-5-4-17(13-24-19)21(29)23-7-6-18-14-22-15-25-18/h4-5,13-16H,3,6-12H2,1-2H3,(H,22,25)(H,23,29). The summed E-state index contributed by atoms with van der Waals surface area (Å²) in [5.41, 5.74) is 1.53. The van der Waals surface area contributed by atoms with E-state index in [2.05, 4.69) is 39.0 Å². The minimum absolute atomic E-state index is 0.135. The van der Waals surface area contributed by atoms with Crippen LogP contribution in [0.1, 0.15) is 42.7 Å². The van der Waals surface area contributed by atoms with Gasteiger partial charge in [-0.05, 0) is 18.1 Å². The fourth-order valence-corrected chi connectivity index (χ4v) is 3.30. The van der Waals surface area contributed by atoms with Gasteiger partial charge in [0.1, 0.15) is 5.82 Å². The molecule has 1 unspecified atom stereocenters. The molecule has 156 valence electrons. The highest BCUT2D eigenvalue weighted by atomic mass is 16.2. The number of imidazole rings is 1. The molecule has 0 spiro atoms. The van der Waals surface area contributed by atoms with Crippen molar-refractivity contribution in [2.75, 3.05) is 37.6 Å². The summed E-state index contributed by atoms with van der Waals surface area (Å²) in [5, 5.41) is 2.89. The van der Waals surface area contributed by atoms with Crippen molar-refractivity contribution in [1.29, 1.82) is 0 Å². The van der Waals surface area contributed by atoms with Crippen molar-refractivity contribution < 1.29 is 9.59 Å². The number of hydrogen-bond donors (Lipinski definition) is 2. The number of carbonyl (C=O) groups is 2. The summed E-state index contributed by atoms with van der Waals surface area (Å²) in [6, 6.07) is 3.68. The van der Waals surface area contributed by atoms with E-state index in [4.69, 9.17) is 0 Å². The number of amides is 2. The first-order chi connectivity index (χ1) is 14.1. The fourth-order valence-electron chi connectivity index (χ4n) is 3.30. The van der Waals surface area contributed by atoms with Crippen molar-refractivity contribution in [3.8, 4) is 0 Å². The van der Waals surface area contributed by atoms with Crippen molar-refractivity contribution in [2.24, 2.45) is 5.92 Å². The Bertz CT molecular complexity index is 782. The predicted molar refractivity (Wildman–Crippen MR) is 112 cm³/mol. The maximum absolute atomic E-state index is 12.3. The second-order valence-corrected chi connectivity index (χ2v) is 7.57. The van der Waals surface area contributed by atoms with Gasteiger partial charge in [-0.2, -0.15) is 0 Å². The topological polar surface area (TPSA) is 94.2 Å². The maximum Gasteiger partial charge on any atom is 0.252 e. The largest absolute Gasteiger partial charge is 0.353 e. The predicted octanol–water partition coefficient (Wildman–Crippen LogP) is 1.86. The van der Waals surface area contributed by atoms with Gasteiger partial charge in [0.25, 0.3) is 5.91 Å². The van der Waals surface area contributed by atoms with Crippen LogP contribution in [0.4, 0.5) is 5.82 Å². The number of nitrogens with zero attached hydrogens (tertiary/aromatic N) is 4. The SMILES string of the molecule is CCC(C)CC(=O)N1CCN(c2ccc(C(=O)NCCc3cnc[nH]3)cn2)CC1. The lowest BCUT2D eigenvalue weighted by atomic mass is 10.0. The number of nitrogens with one attached hydrogen (secondary N) is 2. The summed E-state index contributed by atoms with van der Waals surface area (Å²) in [6.45, 7) is 7.72. The van der Waals surface area contributed by atoms with E-state index in [0.717, 1.165) is 31.0 Å². The number of H-pyrrole nitrogens is 1. The quantitative estimate of drug-likeness (QED) is 0.708. The van der Waals surface area contributed by atoms with Crippen LogP contribution in [0.15, 0.2) is 30.9 Å². The molecule has 3 heterocycles. The zero-order valence-corrected chi connectivity index (χ0v) is 17.2. The highest BCUT2D eigenvalue weighted by molar-refractivity contribution is 5.94. The van der Waals surface area contributed by atoms with Crippen LogP contribution in [0.3, 0.4) is 0 Å². The highest BCUT2D eigenvalue weighted by Gasteiger charge is 2.22. The first-order valence-electron chi connectivity index (χ1n) is 10.3. The van der Waals surface area contributed by atoms with Gasteiger partial charge in [0.05, 0.1) is 11.9 Å². The van der Waals surface area contributed by atoms with E-state index < -0.39 is 0 Å². The number of piperazine rings is 1. The number of carbonyl (C=O) groups excluding carboxylic acids is 2. The molecule has 1 aliphatic heterocycles. The summed E-state index contributed by atoms with van der Waals surface area (Å²) in [5.74, 6) is 1.38. The Kier molecular flexibility index (Phi) is 7.21. The summed E-state index contributed by atoms with van der Waals surface area (Å²) < 4.78 is 0. The van der Waals surface area contributed by atoms with E-state index in [9.17, 15) is 9.59 Å². The summed E-state index contributed by atoms with van der Waals surface area (Å²) in [4.78, 5) is 40.1. The number of anilines is 1. The molecule has 8 nitrogen and oxygen atoms in total. The van der Waals surface area contributed by atoms with E-state index in [1.165, 1.54) is 0 Å². The monoisotopic (exact) mass is 398 g/mol. The van der Waals surface area contributed by atoms with Crippen LogP contribution in [0.25, 0.3) is 0 Å². The Morgan fingerprint density at radius 3 is 2.62 bits per heavy atom. The van der Waals surface area contributed by atoms with Gasteiger partial charge in [-0.25, -0.2) is 9.97 Å². The minimum atomic E-state index is -0.135. The average Bonchev–Trinajstić information content (AvgIpc) is 3.27. The zero-order valence-electron chi connectivity index (χ0n) is 17.2. The molecule has 0 radical (unpaired) electrons. The second-order valence-electron chi connectivity index (χ2n) is 7.57. The Hall–Kier alpha value is -2.90. The molecule has 1 aliphatic rings. The average molecular weight is 399 g/mol. The van der Waals surface area contributed by atoms with Crippen molar-refractivity contribution in [1.82, 2.24) is 25.2 Å². The Labute approximate surface area is 171 Å². The molecule has 2 aromatic rings. The van der Waals surface area contributed by atoms with Crippen molar-refractivity contribution in [3.63, 3.8) is 0 Å². The van der Waals surface area contributed by atoms with E-state index in [1.54, 1.807) is 24.8 Å². The summed E-state index contributed by atoms with van der Waals surface area (Å²) in [7, 11) is 0. The van der Waals surface area contributed by atoms with Gasteiger partial charge < -0.3 is 20.1 Å². The molecule has 0 saturated carbocycles. The molecule has 2 aromatic heterocycles. The van der Waals surface area contributed by atoms with Crippen LogP contribution in [0.5, 0.6) is 0 Å². The van der Waals surface area contributed by atoms with Gasteiger partial charge in [0, 0.05) is 63.7 Å². The summed E-state index contributed by atoms with van der Waals surface area (Å²) >= 11 is 0. The number of hydrogen-bond acceptors (Lipinski definition) is 5. The molecule has 1 atom stereocenters. The van der Waals surface area contributed by atoms with Crippen LogP contribution in [0.2, 0.25) is 0 Å². The third-order valence-electron chi connectivity index (χ3n) is 5.42. The second kappa shape index (κ2) is 10.0. The molecule has 3 rings (SSSR count). The summed E-state index contributed by atoms with van der Waals surface area (Å²) in [6.07, 6.45) is 7.34. The molecule has 2 amide bonds. The molecule has 8 heteroatoms. The van der Waals surface area contributed by atoms with Crippen molar-refractivity contribution in [3.05, 3.63) is 42.1 Å². The fraction of sp³-hybridized carbons (Fsp3) is 0.524. The zero-order chi connectivity index (χ0) is 20.6. The van der Waals surface area contributed by atoms with Crippen LogP contribution in [0, 0.1) is 5.92 Å². The van der Waals surface area contributed by atoms with Gasteiger partial charge >= 0.3 is 0 Å². The van der Waals surface area contributed by atoms with Crippen LogP contribution >= 0.6 is 0 Å². The van der Waals surface area contributed by atoms with Crippen molar-refractivity contribution >= 4 is 17.6 Å². The number of rotatable bonds is 8. The number of aromatic amines is 1. The van der Waals surface area contributed by atoms with Gasteiger partial charge in [0.15, 0.2) is 0 Å².